The Bertz CT molecular complexity index is 223. The minimum absolute atomic E-state index is 1.04. The van der Waals surface area contributed by atoms with Crippen molar-refractivity contribution < 1.29 is 0 Å². The summed E-state index contributed by atoms with van der Waals surface area (Å²) in [6, 6.07) is 6.11. The number of aryl methyl sites for hydroxylation is 1. The summed E-state index contributed by atoms with van der Waals surface area (Å²) in [5, 5.41) is 0. The lowest BCUT2D eigenvalue weighted by atomic mass is 10.0. The fourth-order valence-electron chi connectivity index (χ4n) is 1.02. The first-order valence-corrected chi connectivity index (χ1v) is 3.51. The van der Waals surface area contributed by atoms with Gasteiger partial charge in [0.05, 0.1) is 0 Å². The summed E-state index contributed by atoms with van der Waals surface area (Å²) in [5.74, 6) is 0. The molecule has 1 aromatic rings. The van der Waals surface area contributed by atoms with Gasteiger partial charge in [0, 0.05) is 0 Å². The van der Waals surface area contributed by atoms with Crippen LogP contribution in [0, 0.1) is 13.8 Å². The Morgan fingerprint density at radius 3 is 2.50 bits per heavy atom. The van der Waals surface area contributed by atoms with Crippen molar-refractivity contribution in [2.45, 2.75) is 13.3 Å². The van der Waals surface area contributed by atoms with Crippen molar-refractivity contribution >= 4 is 0 Å². The van der Waals surface area contributed by atoms with Crippen LogP contribution in [0.25, 0.3) is 0 Å². The molecule has 0 heteroatoms. The van der Waals surface area contributed by atoms with Gasteiger partial charge in [-0.2, -0.15) is 0 Å². The molecule has 0 aromatic heterocycles. The zero-order chi connectivity index (χ0) is 7.56. The first kappa shape index (κ1) is 7.33. The molecule has 1 rings (SSSR count). The summed E-state index contributed by atoms with van der Waals surface area (Å²) in [5.41, 5.74) is 3.43. The Labute approximate surface area is 62.9 Å². The van der Waals surface area contributed by atoms with Crippen LogP contribution in [0.2, 0.25) is 0 Å². The first-order valence-electron chi connectivity index (χ1n) is 3.51. The molecule has 0 atom stereocenters. The Hall–Kier alpha value is -0.780. The van der Waals surface area contributed by atoms with Crippen LogP contribution < -0.4 is 0 Å². The van der Waals surface area contributed by atoms with Crippen LogP contribution in [0.15, 0.2) is 18.2 Å². The van der Waals surface area contributed by atoms with E-state index in [-0.39, 0.29) is 0 Å². The maximum Gasteiger partial charge on any atom is -0.0233 e. The summed E-state index contributed by atoms with van der Waals surface area (Å²) in [6.45, 7) is 9.92. The third-order valence-electron chi connectivity index (χ3n) is 1.75. The third kappa shape index (κ3) is 1.21. The van der Waals surface area contributed by atoms with Gasteiger partial charge in [-0.1, -0.05) is 25.1 Å². The van der Waals surface area contributed by atoms with Crippen LogP contribution in [-0.4, -0.2) is 0 Å². The molecular formula is C10H12. The van der Waals surface area contributed by atoms with Crippen LogP contribution in [0.3, 0.4) is 0 Å². The maximum absolute atomic E-state index is 3.93. The summed E-state index contributed by atoms with van der Waals surface area (Å²) in [4.78, 5) is 0. The Balaban J connectivity index is 3.14. The topological polar surface area (TPSA) is 0 Å². The molecule has 52 valence electrons. The number of rotatable bonds is 1. The largest absolute Gasteiger partial charge is 0.0617 e. The molecule has 2 radical (unpaired) electrons. The Kier molecular flexibility index (Phi) is 2.10. The fraction of sp³-hybridized carbons (Fsp3) is 0.200. The standard InChI is InChI=1S/C10H12/c1-4-10-7-5-6-8(2)9(10)3/h5-7H,2-4H2,1H3. The number of benzene rings is 1. The molecule has 0 unspecified atom stereocenters. The second kappa shape index (κ2) is 2.87. The summed E-state index contributed by atoms with van der Waals surface area (Å²) in [6.07, 6.45) is 1.04. The van der Waals surface area contributed by atoms with E-state index in [9.17, 15) is 0 Å². The minimum Gasteiger partial charge on any atom is -0.0617 e. The lowest BCUT2D eigenvalue weighted by molar-refractivity contribution is 1.12. The molecule has 0 spiro atoms. The van der Waals surface area contributed by atoms with Gasteiger partial charge in [-0.05, 0) is 37.0 Å². The predicted molar refractivity (Wildman–Crippen MR) is 44.7 cm³/mol. The molecule has 10 heavy (non-hydrogen) atoms. The lowest BCUT2D eigenvalue weighted by Crippen LogP contribution is -1.88. The van der Waals surface area contributed by atoms with Crippen molar-refractivity contribution in [3.63, 3.8) is 0 Å². The highest BCUT2D eigenvalue weighted by atomic mass is 14.0. The maximum atomic E-state index is 3.93. The Morgan fingerprint density at radius 2 is 2.00 bits per heavy atom. The fourth-order valence-corrected chi connectivity index (χ4v) is 1.02. The van der Waals surface area contributed by atoms with Crippen molar-refractivity contribution in [3.8, 4) is 0 Å². The van der Waals surface area contributed by atoms with E-state index < -0.39 is 0 Å². The van der Waals surface area contributed by atoms with E-state index in [1.165, 1.54) is 5.56 Å². The van der Waals surface area contributed by atoms with E-state index in [0.717, 1.165) is 17.5 Å². The van der Waals surface area contributed by atoms with Gasteiger partial charge in [0.15, 0.2) is 0 Å². The molecule has 0 N–H and O–H groups in total. The normalized spacial score (nSPS) is 9.90. The lowest BCUT2D eigenvalue weighted by Gasteiger charge is -2.03. The second-order valence-electron chi connectivity index (χ2n) is 2.41. The zero-order valence-corrected chi connectivity index (χ0v) is 6.35. The van der Waals surface area contributed by atoms with E-state index in [4.69, 9.17) is 0 Å². The smallest absolute Gasteiger partial charge is 0.0233 e. The average molecular weight is 132 g/mol. The van der Waals surface area contributed by atoms with Crippen LogP contribution in [0.1, 0.15) is 23.6 Å². The average Bonchev–Trinajstić information content (AvgIpc) is 1.95. The third-order valence-corrected chi connectivity index (χ3v) is 1.75. The van der Waals surface area contributed by atoms with Crippen molar-refractivity contribution in [1.29, 1.82) is 0 Å². The molecule has 0 amide bonds. The van der Waals surface area contributed by atoms with Crippen LogP contribution in [-0.2, 0) is 6.42 Å². The Morgan fingerprint density at radius 1 is 1.30 bits per heavy atom. The molecule has 0 aliphatic rings. The second-order valence-corrected chi connectivity index (χ2v) is 2.41. The summed E-state index contributed by atoms with van der Waals surface area (Å²) < 4.78 is 0. The van der Waals surface area contributed by atoms with Crippen molar-refractivity contribution in [1.82, 2.24) is 0 Å². The molecular weight excluding hydrogens is 120 g/mol. The van der Waals surface area contributed by atoms with Crippen LogP contribution in [0.4, 0.5) is 0 Å². The molecule has 1 aromatic carbocycles. The highest BCUT2D eigenvalue weighted by molar-refractivity contribution is 5.38. The summed E-state index contributed by atoms with van der Waals surface area (Å²) in [7, 11) is 0. The molecule has 0 fully saturated rings. The van der Waals surface area contributed by atoms with Crippen molar-refractivity contribution in [3.05, 3.63) is 48.7 Å². The van der Waals surface area contributed by atoms with Crippen molar-refractivity contribution in [2.24, 2.45) is 0 Å². The molecule has 0 aliphatic heterocycles. The molecule has 0 heterocycles. The highest BCUT2D eigenvalue weighted by Crippen LogP contribution is 2.12. The quantitative estimate of drug-likeness (QED) is 0.551. The van der Waals surface area contributed by atoms with Gasteiger partial charge in [0.25, 0.3) is 0 Å². The van der Waals surface area contributed by atoms with Gasteiger partial charge in [0.2, 0.25) is 0 Å². The van der Waals surface area contributed by atoms with Gasteiger partial charge in [-0.15, -0.1) is 0 Å². The van der Waals surface area contributed by atoms with E-state index in [1.807, 2.05) is 12.1 Å². The van der Waals surface area contributed by atoms with Gasteiger partial charge in [-0.25, -0.2) is 0 Å². The molecule has 0 saturated heterocycles. The van der Waals surface area contributed by atoms with Crippen molar-refractivity contribution in [2.75, 3.05) is 0 Å². The van der Waals surface area contributed by atoms with Gasteiger partial charge >= 0.3 is 0 Å². The molecule has 0 nitrogen and oxygen atoms in total. The number of hydrogen-bond acceptors (Lipinski definition) is 0. The van der Waals surface area contributed by atoms with Gasteiger partial charge in [-0.3, -0.25) is 0 Å². The van der Waals surface area contributed by atoms with E-state index >= 15 is 0 Å². The molecule has 0 aliphatic carbocycles. The molecule has 0 saturated carbocycles. The number of hydrogen-bond donors (Lipinski definition) is 0. The predicted octanol–water partition coefficient (Wildman–Crippen LogP) is 2.61. The monoisotopic (exact) mass is 132 g/mol. The van der Waals surface area contributed by atoms with Gasteiger partial charge in [0.1, 0.15) is 0 Å². The first-order chi connectivity index (χ1) is 4.75. The van der Waals surface area contributed by atoms with Crippen LogP contribution >= 0.6 is 0 Å². The zero-order valence-electron chi connectivity index (χ0n) is 6.35. The van der Waals surface area contributed by atoms with Crippen LogP contribution in [0.5, 0.6) is 0 Å². The van der Waals surface area contributed by atoms with Gasteiger partial charge < -0.3 is 0 Å². The summed E-state index contributed by atoms with van der Waals surface area (Å²) >= 11 is 0. The minimum atomic E-state index is 1.04. The molecule has 0 bridgehead atoms. The highest BCUT2D eigenvalue weighted by Gasteiger charge is 1.95. The van der Waals surface area contributed by atoms with E-state index in [0.29, 0.717) is 0 Å². The SMILES string of the molecule is [CH2]c1cccc(CC)c1[CH2]. The van der Waals surface area contributed by atoms with E-state index in [1.54, 1.807) is 0 Å². The van der Waals surface area contributed by atoms with E-state index in [2.05, 4.69) is 26.8 Å².